The molecule has 1 aromatic heterocycles. The van der Waals surface area contributed by atoms with Gasteiger partial charge in [0.15, 0.2) is 6.39 Å². The first-order valence-corrected chi connectivity index (χ1v) is 5.10. The molecule has 0 aliphatic rings. The number of aliphatic hydroxyl groups is 1. The minimum Gasteiger partial charge on any atom is -0.438 e. The molecule has 0 saturated heterocycles. The van der Waals surface area contributed by atoms with E-state index in [0.29, 0.717) is 5.69 Å². The minimum absolute atomic E-state index is 0.178. The number of hydrogen-bond acceptors (Lipinski definition) is 4. The van der Waals surface area contributed by atoms with Gasteiger partial charge in [-0.15, -0.1) is 0 Å². The van der Waals surface area contributed by atoms with Crippen LogP contribution in [0.15, 0.2) is 10.8 Å². The van der Waals surface area contributed by atoms with Crippen LogP contribution in [-0.4, -0.2) is 27.1 Å². The summed E-state index contributed by atoms with van der Waals surface area (Å²) in [5.74, 6) is -0.195. The van der Waals surface area contributed by atoms with E-state index in [0.717, 1.165) is 0 Å². The number of carbonyl (C=O) groups excluding carboxylic acids is 1. The summed E-state index contributed by atoms with van der Waals surface area (Å²) in [4.78, 5) is 15.7. The van der Waals surface area contributed by atoms with Crippen LogP contribution < -0.4 is 5.32 Å². The van der Waals surface area contributed by atoms with Crippen molar-refractivity contribution in [1.82, 2.24) is 10.3 Å². The van der Waals surface area contributed by atoms with Crippen LogP contribution in [0, 0.1) is 6.92 Å². The van der Waals surface area contributed by atoms with Crippen molar-refractivity contribution < 1.29 is 14.3 Å². The van der Waals surface area contributed by atoms with E-state index in [1.165, 1.54) is 6.39 Å². The maximum atomic E-state index is 11.8. The minimum atomic E-state index is -1.03. The Morgan fingerprint density at radius 3 is 2.38 bits per heavy atom. The normalized spacial score (nSPS) is 12.6. The van der Waals surface area contributed by atoms with E-state index in [2.05, 4.69) is 10.3 Å². The second-order valence-electron chi connectivity index (χ2n) is 4.91. The average molecular weight is 226 g/mol. The lowest BCUT2D eigenvalue weighted by atomic mass is 9.86. The first-order valence-electron chi connectivity index (χ1n) is 5.10. The molecule has 0 aromatic carbocycles. The van der Waals surface area contributed by atoms with E-state index in [1.54, 1.807) is 34.6 Å². The molecule has 0 saturated carbocycles. The first-order chi connectivity index (χ1) is 7.15. The SMILES string of the molecule is Cc1ncoc1C(=O)NC(C)(C)C(C)(C)O. The van der Waals surface area contributed by atoms with E-state index in [4.69, 9.17) is 4.42 Å². The van der Waals surface area contributed by atoms with Gasteiger partial charge in [0, 0.05) is 0 Å². The van der Waals surface area contributed by atoms with Crippen LogP contribution in [0.1, 0.15) is 43.9 Å². The molecule has 1 rings (SSSR count). The molecule has 0 aliphatic heterocycles. The van der Waals surface area contributed by atoms with Crippen molar-refractivity contribution in [2.45, 2.75) is 45.8 Å². The standard InChI is InChI=1S/C11H18N2O3/c1-7-8(16-6-12-7)9(14)13-10(2,3)11(4,5)15/h6,15H,1-5H3,(H,13,14). The van der Waals surface area contributed by atoms with Crippen molar-refractivity contribution in [2.24, 2.45) is 0 Å². The van der Waals surface area contributed by atoms with Gasteiger partial charge in [0.25, 0.3) is 5.91 Å². The highest BCUT2D eigenvalue weighted by Gasteiger charge is 2.37. The van der Waals surface area contributed by atoms with Crippen LogP contribution in [0.2, 0.25) is 0 Å². The Kier molecular flexibility index (Phi) is 3.10. The maximum Gasteiger partial charge on any atom is 0.289 e. The molecule has 90 valence electrons. The molecule has 0 radical (unpaired) electrons. The lowest BCUT2D eigenvalue weighted by Gasteiger charge is -2.37. The van der Waals surface area contributed by atoms with Gasteiger partial charge in [-0.2, -0.15) is 0 Å². The lowest BCUT2D eigenvalue weighted by molar-refractivity contribution is -0.00343. The summed E-state index contributed by atoms with van der Waals surface area (Å²) in [6.45, 7) is 8.46. The highest BCUT2D eigenvalue weighted by molar-refractivity contribution is 5.92. The molecule has 0 fully saturated rings. The van der Waals surface area contributed by atoms with Crippen molar-refractivity contribution in [3.8, 4) is 0 Å². The maximum absolute atomic E-state index is 11.8. The number of carbonyl (C=O) groups is 1. The van der Waals surface area contributed by atoms with Crippen LogP contribution in [0.3, 0.4) is 0 Å². The number of hydrogen-bond donors (Lipinski definition) is 2. The monoisotopic (exact) mass is 226 g/mol. The van der Waals surface area contributed by atoms with Gasteiger partial charge in [-0.05, 0) is 34.6 Å². The zero-order valence-electron chi connectivity index (χ0n) is 10.3. The summed E-state index contributed by atoms with van der Waals surface area (Å²) in [5, 5.41) is 12.6. The molecule has 5 heteroatoms. The summed E-state index contributed by atoms with van der Waals surface area (Å²) in [7, 11) is 0. The van der Waals surface area contributed by atoms with Gasteiger partial charge in [-0.3, -0.25) is 4.79 Å². The second-order valence-corrected chi connectivity index (χ2v) is 4.91. The fourth-order valence-corrected chi connectivity index (χ4v) is 1.01. The number of amides is 1. The molecule has 0 atom stereocenters. The van der Waals surface area contributed by atoms with E-state index in [-0.39, 0.29) is 11.7 Å². The van der Waals surface area contributed by atoms with Gasteiger partial charge in [0.05, 0.1) is 16.8 Å². The highest BCUT2D eigenvalue weighted by atomic mass is 16.3. The van der Waals surface area contributed by atoms with Crippen molar-refractivity contribution in [3.63, 3.8) is 0 Å². The van der Waals surface area contributed by atoms with E-state index < -0.39 is 11.1 Å². The van der Waals surface area contributed by atoms with Crippen LogP contribution in [-0.2, 0) is 0 Å². The lowest BCUT2D eigenvalue weighted by Crippen LogP contribution is -2.57. The molecular weight excluding hydrogens is 208 g/mol. The van der Waals surface area contributed by atoms with Gasteiger partial charge in [0.1, 0.15) is 0 Å². The number of oxazole rings is 1. The van der Waals surface area contributed by atoms with Crippen LogP contribution >= 0.6 is 0 Å². The van der Waals surface area contributed by atoms with Gasteiger partial charge in [0.2, 0.25) is 5.76 Å². The molecule has 5 nitrogen and oxygen atoms in total. The van der Waals surface area contributed by atoms with E-state index in [1.807, 2.05) is 0 Å². The van der Waals surface area contributed by atoms with E-state index in [9.17, 15) is 9.90 Å². The summed E-state index contributed by atoms with van der Waals surface area (Å²) in [6, 6.07) is 0. The predicted molar refractivity (Wildman–Crippen MR) is 59.1 cm³/mol. The van der Waals surface area contributed by atoms with Crippen molar-refractivity contribution in [3.05, 3.63) is 17.8 Å². The molecule has 1 heterocycles. The van der Waals surface area contributed by atoms with Gasteiger partial charge < -0.3 is 14.8 Å². The third kappa shape index (κ3) is 2.41. The van der Waals surface area contributed by atoms with Crippen LogP contribution in [0.4, 0.5) is 0 Å². The Bertz CT molecular complexity index is 388. The van der Waals surface area contributed by atoms with Gasteiger partial charge >= 0.3 is 0 Å². The van der Waals surface area contributed by atoms with Crippen LogP contribution in [0.5, 0.6) is 0 Å². The highest BCUT2D eigenvalue weighted by Crippen LogP contribution is 2.21. The Hall–Kier alpha value is -1.36. The third-order valence-corrected chi connectivity index (χ3v) is 2.91. The molecule has 0 aliphatic carbocycles. The summed E-state index contributed by atoms with van der Waals surface area (Å²) in [6.07, 6.45) is 1.22. The second kappa shape index (κ2) is 3.90. The third-order valence-electron chi connectivity index (χ3n) is 2.91. The first kappa shape index (κ1) is 12.7. The Morgan fingerprint density at radius 2 is 2.00 bits per heavy atom. The van der Waals surface area contributed by atoms with Gasteiger partial charge in [-0.25, -0.2) is 4.98 Å². The molecule has 2 N–H and O–H groups in total. The van der Waals surface area contributed by atoms with E-state index >= 15 is 0 Å². The largest absolute Gasteiger partial charge is 0.438 e. The number of nitrogens with one attached hydrogen (secondary N) is 1. The fraction of sp³-hybridized carbons (Fsp3) is 0.636. The number of aryl methyl sites for hydroxylation is 1. The zero-order chi connectivity index (χ0) is 12.6. The van der Waals surface area contributed by atoms with Crippen LogP contribution in [0.25, 0.3) is 0 Å². The van der Waals surface area contributed by atoms with Gasteiger partial charge in [-0.1, -0.05) is 0 Å². The van der Waals surface area contributed by atoms with Crippen molar-refractivity contribution in [2.75, 3.05) is 0 Å². The zero-order valence-corrected chi connectivity index (χ0v) is 10.3. The average Bonchev–Trinajstić information content (AvgIpc) is 2.48. The summed E-state index contributed by atoms with van der Waals surface area (Å²) < 4.78 is 4.98. The molecule has 1 amide bonds. The molecule has 0 spiro atoms. The Morgan fingerprint density at radius 1 is 1.44 bits per heavy atom. The van der Waals surface area contributed by atoms with Crippen molar-refractivity contribution in [1.29, 1.82) is 0 Å². The predicted octanol–water partition coefficient (Wildman–Crippen LogP) is 1.26. The smallest absolute Gasteiger partial charge is 0.289 e. The number of rotatable bonds is 3. The Labute approximate surface area is 94.9 Å². The molecule has 16 heavy (non-hydrogen) atoms. The fourth-order valence-electron chi connectivity index (χ4n) is 1.01. The number of aromatic nitrogens is 1. The molecular formula is C11H18N2O3. The molecule has 0 unspecified atom stereocenters. The topological polar surface area (TPSA) is 75.4 Å². The molecule has 1 aromatic rings. The summed E-state index contributed by atoms with van der Waals surface area (Å²) >= 11 is 0. The molecule has 0 bridgehead atoms. The summed E-state index contributed by atoms with van der Waals surface area (Å²) in [5.41, 5.74) is -1.26. The van der Waals surface area contributed by atoms with Crippen molar-refractivity contribution >= 4 is 5.91 Å². The Balaban J connectivity index is 2.84. The number of nitrogens with zero attached hydrogens (tertiary/aromatic N) is 1. The quantitative estimate of drug-likeness (QED) is 0.813.